The van der Waals surface area contributed by atoms with Gasteiger partial charge in [-0.2, -0.15) is 4.72 Å². The summed E-state index contributed by atoms with van der Waals surface area (Å²) in [6, 6.07) is 20.9. The van der Waals surface area contributed by atoms with Crippen molar-refractivity contribution in [1.82, 2.24) is 4.72 Å². The smallest absolute Gasteiger partial charge is 0.247 e. The standard InChI is InChI=1S/C23H22N2O5S/c26-23(24-18-10-5-2-6-11-18)22(17-8-3-1-4-9-17)25-31(27,28)19-12-13-20-21(16-19)30-15-7-14-29-20/h1-6,8-13,16,22,25H,7,14-15H2,(H,24,26). The average molecular weight is 439 g/mol. The molecule has 0 bridgehead atoms. The Morgan fingerprint density at radius 1 is 0.839 bits per heavy atom. The van der Waals surface area contributed by atoms with Crippen molar-refractivity contribution < 1.29 is 22.7 Å². The normalized spacial score (nSPS) is 14.3. The second kappa shape index (κ2) is 9.20. The van der Waals surface area contributed by atoms with Crippen LogP contribution in [-0.2, 0) is 14.8 Å². The van der Waals surface area contributed by atoms with E-state index < -0.39 is 22.0 Å². The summed E-state index contributed by atoms with van der Waals surface area (Å²) in [6.07, 6.45) is 0.713. The third-order valence-corrected chi connectivity index (χ3v) is 6.16. The molecule has 0 saturated carbocycles. The third-order valence-electron chi connectivity index (χ3n) is 4.74. The molecule has 4 rings (SSSR count). The SMILES string of the molecule is O=C(Nc1ccccc1)C(NS(=O)(=O)c1ccc2c(c1)OCCCO2)c1ccccc1. The Labute approximate surface area is 181 Å². The molecule has 0 aromatic heterocycles. The van der Waals surface area contributed by atoms with E-state index in [1.807, 2.05) is 6.07 Å². The molecule has 1 heterocycles. The highest BCUT2D eigenvalue weighted by molar-refractivity contribution is 7.89. The van der Waals surface area contributed by atoms with Gasteiger partial charge in [0.25, 0.3) is 0 Å². The van der Waals surface area contributed by atoms with E-state index in [2.05, 4.69) is 10.0 Å². The fraction of sp³-hybridized carbons (Fsp3) is 0.174. The second-order valence-electron chi connectivity index (χ2n) is 6.98. The van der Waals surface area contributed by atoms with Crippen molar-refractivity contribution in [2.45, 2.75) is 17.4 Å². The van der Waals surface area contributed by atoms with Crippen molar-refractivity contribution in [3.05, 3.63) is 84.4 Å². The maximum Gasteiger partial charge on any atom is 0.247 e. The number of rotatable bonds is 6. The predicted octanol–water partition coefficient (Wildman–Crippen LogP) is 3.51. The van der Waals surface area contributed by atoms with Crippen molar-refractivity contribution in [3.8, 4) is 11.5 Å². The number of ether oxygens (including phenoxy) is 2. The van der Waals surface area contributed by atoms with Crippen LogP contribution in [0.5, 0.6) is 11.5 Å². The maximum atomic E-state index is 13.2. The zero-order valence-corrected chi connectivity index (χ0v) is 17.5. The van der Waals surface area contributed by atoms with Crippen LogP contribution in [0.1, 0.15) is 18.0 Å². The van der Waals surface area contributed by atoms with Crippen LogP contribution in [0.2, 0.25) is 0 Å². The number of benzene rings is 3. The van der Waals surface area contributed by atoms with Crippen LogP contribution >= 0.6 is 0 Å². The van der Waals surface area contributed by atoms with Gasteiger partial charge in [0.1, 0.15) is 6.04 Å². The second-order valence-corrected chi connectivity index (χ2v) is 8.69. The van der Waals surface area contributed by atoms with E-state index in [-0.39, 0.29) is 4.90 Å². The lowest BCUT2D eigenvalue weighted by Gasteiger charge is -2.19. The Hall–Kier alpha value is -3.36. The summed E-state index contributed by atoms with van der Waals surface area (Å²) in [4.78, 5) is 13.0. The number of anilines is 1. The number of hydrogen-bond donors (Lipinski definition) is 2. The van der Waals surface area contributed by atoms with Gasteiger partial charge in [-0.25, -0.2) is 8.42 Å². The highest BCUT2D eigenvalue weighted by Gasteiger charge is 2.28. The summed E-state index contributed by atoms with van der Waals surface area (Å²) in [6.45, 7) is 0.948. The molecule has 7 nitrogen and oxygen atoms in total. The van der Waals surface area contributed by atoms with E-state index in [0.29, 0.717) is 42.4 Å². The number of hydrogen-bond acceptors (Lipinski definition) is 5. The van der Waals surface area contributed by atoms with Crippen LogP contribution in [0.25, 0.3) is 0 Å². The molecular weight excluding hydrogens is 416 g/mol. The molecule has 1 aliphatic rings. The van der Waals surface area contributed by atoms with Gasteiger partial charge in [-0.3, -0.25) is 4.79 Å². The summed E-state index contributed by atoms with van der Waals surface area (Å²) < 4.78 is 40.0. The molecule has 1 unspecified atom stereocenters. The summed E-state index contributed by atoms with van der Waals surface area (Å²) in [5.74, 6) is 0.374. The van der Waals surface area contributed by atoms with Gasteiger partial charge in [-0.15, -0.1) is 0 Å². The van der Waals surface area contributed by atoms with E-state index in [1.165, 1.54) is 12.1 Å². The van der Waals surface area contributed by atoms with Crippen LogP contribution in [0, 0.1) is 0 Å². The fourth-order valence-corrected chi connectivity index (χ4v) is 4.39. The van der Waals surface area contributed by atoms with Crippen LogP contribution in [-0.4, -0.2) is 27.5 Å². The van der Waals surface area contributed by atoms with Gasteiger partial charge in [-0.05, 0) is 29.8 Å². The molecule has 0 fully saturated rings. The van der Waals surface area contributed by atoms with Crippen molar-refractivity contribution in [1.29, 1.82) is 0 Å². The van der Waals surface area contributed by atoms with E-state index in [0.717, 1.165) is 0 Å². The molecule has 1 aliphatic heterocycles. The number of fused-ring (bicyclic) bond motifs is 1. The topological polar surface area (TPSA) is 93.7 Å². The molecule has 3 aromatic rings. The van der Waals surface area contributed by atoms with Crippen molar-refractivity contribution in [2.24, 2.45) is 0 Å². The van der Waals surface area contributed by atoms with Gasteiger partial charge in [-0.1, -0.05) is 48.5 Å². The largest absolute Gasteiger partial charge is 0.490 e. The summed E-state index contributed by atoms with van der Waals surface area (Å²) in [7, 11) is -4.04. The Morgan fingerprint density at radius 2 is 1.48 bits per heavy atom. The van der Waals surface area contributed by atoms with E-state index in [4.69, 9.17) is 9.47 Å². The number of sulfonamides is 1. The molecule has 0 spiro atoms. The summed E-state index contributed by atoms with van der Waals surface area (Å²) in [5, 5.41) is 2.76. The molecule has 2 N–H and O–H groups in total. The first-order valence-electron chi connectivity index (χ1n) is 9.86. The van der Waals surface area contributed by atoms with Crippen molar-refractivity contribution in [3.63, 3.8) is 0 Å². The van der Waals surface area contributed by atoms with E-state index in [9.17, 15) is 13.2 Å². The number of amides is 1. The Bertz CT molecular complexity index is 1150. The molecule has 1 amide bonds. The Morgan fingerprint density at radius 3 is 2.19 bits per heavy atom. The molecule has 160 valence electrons. The van der Waals surface area contributed by atoms with E-state index in [1.54, 1.807) is 60.7 Å². The van der Waals surface area contributed by atoms with Gasteiger partial charge in [0.15, 0.2) is 11.5 Å². The first-order valence-corrected chi connectivity index (χ1v) is 11.3. The molecule has 8 heteroatoms. The minimum absolute atomic E-state index is 0.00908. The summed E-state index contributed by atoms with van der Waals surface area (Å²) in [5.41, 5.74) is 1.09. The number of carbonyl (C=O) groups is 1. The molecule has 0 saturated heterocycles. The first-order chi connectivity index (χ1) is 15.0. The van der Waals surface area contributed by atoms with E-state index >= 15 is 0 Å². The van der Waals surface area contributed by atoms with Gasteiger partial charge in [0.2, 0.25) is 15.9 Å². The molecule has 0 radical (unpaired) electrons. The highest BCUT2D eigenvalue weighted by atomic mass is 32.2. The molecule has 3 aromatic carbocycles. The molecular formula is C23H22N2O5S. The number of nitrogens with one attached hydrogen (secondary N) is 2. The zero-order chi connectivity index (χ0) is 21.7. The fourth-order valence-electron chi connectivity index (χ4n) is 3.19. The Balaban J connectivity index is 1.63. The van der Waals surface area contributed by atoms with Crippen molar-refractivity contribution >= 4 is 21.6 Å². The van der Waals surface area contributed by atoms with Crippen LogP contribution in [0.3, 0.4) is 0 Å². The third kappa shape index (κ3) is 5.04. The lowest BCUT2D eigenvalue weighted by molar-refractivity contribution is -0.117. The zero-order valence-electron chi connectivity index (χ0n) is 16.7. The van der Waals surface area contributed by atoms with Crippen LogP contribution in [0.4, 0.5) is 5.69 Å². The van der Waals surface area contributed by atoms with Gasteiger partial charge in [0.05, 0.1) is 18.1 Å². The number of carbonyl (C=O) groups excluding carboxylic acids is 1. The minimum Gasteiger partial charge on any atom is -0.490 e. The predicted molar refractivity (Wildman–Crippen MR) is 117 cm³/mol. The van der Waals surface area contributed by atoms with Crippen LogP contribution < -0.4 is 19.5 Å². The first kappa shape index (κ1) is 20.9. The molecule has 1 atom stereocenters. The maximum absolute atomic E-state index is 13.2. The quantitative estimate of drug-likeness (QED) is 0.614. The minimum atomic E-state index is -4.04. The Kier molecular flexibility index (Phi) is 6.20. The highest BCUT2D eigenvalue weighted by Crippen LogP contribution is 2.32. The number of para-hydroxylation sites is 1. The monoisotopic (exact) mass is 438 g/mol. The van der Waals surface area contributed by atoms with Gasteiger partial charge >= 0.3 is 0 Å². The molecule has 31 heavy (non-hydrogen) atoms. The molecule has 0 aliphatic carbocycles. The van der Waals surface area contributed by atoms with Crippen LogP contribution in [0.15, 0.2) is 83.8 Å². The summed E-state index contributed by atoms with van der Waals surface area (Å²) >= 11 is 0. The van der Waals surface area contributed by atoms with Crippen molar-refractivity contribution in [2.75, 3.05) is 18.5 Å². The van der Waals surface area contributed by atoms with Gasteiger partial charge in [0, 0.05) is 18.2 Å². The lowest BCUT2D eigenvalue weighted by atomic mass is 10.1. The average Bonchev–Trinajstić information content (AvgIpc) is 3.04. The lowest BCUT2D eigenvalue weighted by Crippen LogP contribution is -2.37. The van der Waals surface area contributed by atoms with Gasteiger partial charge < -0.3 is 14.8 Å².